The summed E-state index contributed by atoms with van der Waals surface area (Å²) in [5, 5.41) is 19.1. The molecule has 1 aromatic rings. The number of pyridine rings is 1. The van der Waals surface area contributed by atoms with Crippen LogP contribution in [-0.2, 0) is 5.33 Å². The molecule has 0 saturated heterocycles. The lowest BCUT2D eigenvalue weighted by Crippen LogP contribution is -2.04. The molecule has 0 N–H and O–H groups in total. The van der Waals surface area contributed by atoms with Gasteiger partial charge in [0.05, 0.1) is 10.3 Å². The molecule has 1 rings (SSSR count). The van der Waals surface area contributed by atoms with Crippen molar-refractivity contribution in [1.29, 1.82) is 5.26 Å². The number of halogens is 3. The number of nitro groups is 1. The lowest BCUT2D eigenvalue weighted by Gasteiger charge is -2.05. The molecule has 0 fully saturated rings. The van der Waals surface area contributed by atoms with Crippen molar-refractivity contribution < 1.29 is 13.7 Å². The van der Waals surface area contributed by atoms with E-state index in [1.807, 2.05) is 0 Å². The van der Waals surface area contributed by atoms with Crippen LogP contribution in [0.2, 0.25) is 0 Å². The van der Waals surface area contributed by atoms with E-state index >= 15 is 0 Å². The van der Waals surface area contributed by atoms with Gasteiger partial charge >= 0.3 is 5.69 Å². The van der Waals surface area contributed by atoms with Gasteiger partial charge in [0.25, 0.3) is 6.43 Å². The highest BCUT2D eigenvalue weighted by Gasteiger charge is 2.27. The lowest BCUT2D eigenvalue weighted by molar-refractivity contribution is -0.387. The molecule has 0 aliphatic heterocycles. The second-order valence-corrected chi connectivity index (χ2v) is 3.26. The van der Waals surface area contributed by atoms with Crippen molar-refractivity contribution >= 4 is 21.6 Å². The SMILES string of the molecule is N#Cc1cc(C(F)F)c([N+](=O)[O-])c(CBr)n1. The summed E-state index contributed by atoms with van der Waals surface area (Å²) in [6, 6.07) is 2.31. The second-order valence-electron chi connectivity index (χ2n) is 2.70. The normalized spacial score (nSPS) is 10.2. The van der Waals surface area contributed by atoms with Crippen molar-refractivity contribution in [2.24, 2.45) is 0 Å². The molecule has 1 aromatic heterocycles. The predicted molar refractivity (Wildman–Crippen MR) is 53.2 cm³/mol. The summed E-state index contributed by atoms with van der Waals surface area (Å²) < 4.78 is 25.1. The Balaban J connectivity index is 3.55. The quantitative estimate of drug-likeness (QED) is 0.487. The fourth-order valence-corrected chi connectivity index (χ4v) is 1.53. The summed E-state index contributed by atoms with van der Waals surface area (Å²) in [6.45, 7) is 0. The highest BCUT2D eigenvalue weighted by atomic mass is 79.9. The fourth-order valence-electron chi connectivity index (χ4n) is 1.14. The van der Waals surface area contributed by atoms with E-state index in [0.717, 1.165) is 6.07 Å². The maximum Gasteiger partial charge on any atom is 0.300 e. The molecule has 0 bridgehead atoms. The van der Waals surface area contributed by atoms with Gasteiger partial charge in [-0.1, -0.05) is 15.9 Å². The van der Waals surface area contributed by atoms with Gasteiger partial charge in [0.15, 0.2) is 0 Å². The molecule has 0 aliphatic rings. The van der Waals surface area contributed by atoms with Crippen LogP contribution in [-0.4, -0.2) is 9.91 Å². The van der Waals surface area contributed by atoms with Gasteiger partial charge in [0.2, 0.25) is 0 Å². The minimum Gasteiger partial charge on any atom is -0.258 e. The topological polar surface area (TPSA) is 79.8 Å². The van der Waals surface area contributed by atoms with Crippen LogP contribution < -0.4 is 0 Å². The third kappa shape index (κ3) is 2.30. The molecule has 0 amide bonds. The first-order chi connectivity index (χ1) is 7.51. The largest absolute Gasteiger partial charge is 0.300 e. The van der Waals surface area contributed by atoms with Gasteiger partial charge in [-0.2, -0.15) is 5.26 Å². The van der Waals surface area contributed by atoms with E-state index in [9.17, 15) is 18.9 Å². The second kappa shape index (κ2) is 4.94. The molecular weight excluding hydrogens is 288 g/mol. The van der Waals surface area contributed by atoms with E-state index in [2.05, 4.69) is 20.9 Å². The highest BCUT2D eigenvalue weighted by Crippen LogP contribution is 2.32. The fraction of sp³-hybridized carbons (Fsp3) is 0.250. The van der Waals surface area contributed by atoms with Gasteiger partial charge in [0.1, 0.15) is 23.0 Å². The molecule has 0 unspecified atom stereocenters. The van der Waals surface area contributed by atoms with Crippen molar-refractivity contribution in [3.63, 3.8) is 0 Å². The van der Waals surface area contributed by atoms with Crippen LogP contribution in [0.3, 0.4) is 0 Å². The van der Waals surface area contributed by atoms with E-state index in [4.69, 9.17) is 5.26 Å². The minimum atomic E-state index is -3.02. The van der Waals surface area contributed by atoms with Crippen LogP contribution in [0, 0.1) is 21.4 Å². The van der Waals surface area contributed by atoms with Crippen LogP contribution in [0.5, 0.6) is 0 Å². The molecule has 5 nitrogen and oxygen atoms in total. The standard InChI is InChI=1S/C8H4BrF2N3O2/c9-2-6-7(14(15)16)5(8(10)11)1-4(3-12)13-6/h1,8H,2H2. The zero-order valence-electron chi connectivity index (χ0n) is 7.65. The maximum absolute atomic E-state index is 12.6. The third-order valence-corrected chi connectivity index (χ3v) is 2.28. The van der Waals surface area contributed by atoms with E-state index in [1.54, 1.807) is 6.07 Å². The zero-order valence-corrected chi connectivity index (χ0v) is 9.24. The molecule has 84 valence electrons. The van der Waals surface area contributed by atoms with Gasteiger partial charge in [-0.05, 0) is 6.07 Å². The Labute approximate surface area is 97.0 Å². The first kappa shape index (κ1) is 12.4. The van der Waals surface area contributed by atoms with Gasteiger partial charge in [-0.25, -0.2) is 13.8 Å². The Morgan fingerprint density at radius 2 is 2.31 bits per heavy atom. The summed E-state index contributed by atoms with van der Waals surface area (Å²) in [6.07, 6.45) is -3.02. The van der Waals surface area contributed by atoms with Crippen LogP contribution in [0.4, 0.5) is 14.5 Å². The van der Waals surface area contributed by atoms with Crippen LogP contribution in [0.15, 0.2) is 6.07 Å². The summed E-state index contributed by atoms with van der Waals surface area (Å²) in [4.78, 5) is 13.3. The summed E-state index contributed by atoms with van der Waals surface area (Å²) in [7, 11) is 0. The molecule has 0 aromatic carbocycles. The Bertz CT molecular complexity index is 473. The Morgan fingerprint density at radius 3 is 2.69 bits per heavy atom. The lowest BCUT2D eigenvalue weighted by atomic mass is 10.1. The zero-order chi connectivity index (χ0) is 12.3. The van der Waals surface area contributed by atoms with Gasteiger partial charge in [-0.3, -0.25) is 10.1 Å². The molecule has 0 saturated carbocycles. The van der Waals surface area contributed by atoms with Gasteiger partial charge in [-0.15, -0.1) is 0 Å². The molecule has 0 radical (unpaired) electrons. The van der Waals surface area contributed by atoms with Crippen molar-refractivity contribution in [2.75, 3.05) is 0 Å². The van der Waals surface area contributed by atoms with Crippen LogP contribution in [0.1, 0.15) is 23.4 Å². The predicted octanol–water partition coefficient (Wildman–Crippen LogP) is 2.69. The summed E-state index contributed by atoms with van der Waals surface area (Å²) in [5.74, 6) is 0. The van der Waals surface area contributed by atoms with Crippen molar-refractivity contribution in [3.8, 4) is 6.07 Å². The molecule has 0 spiro atoms. The van der Waals surface area contributed by atoms with E-state index in [0.29, 0.717) is 0 Å². The summed E-state index contributed by atoms with van der Waals surface area (Å²) in [5.41, 5.74) is -1.98. The first-order valence-corrected chi connectivity index (χ1v) is 5.05. The average Bonchev–Trinajstić information content (AvgIpc) is 2.26. The number of aromatic nitrogens is 1. The van der Waals surface area contributed by atoms with Crippen LogP contribution in [0.25, 0.3) is 0 Å². The molecule has 16 heavy (non-hydrogen) atoms. The third-order valence-electron chi connectivity index (χ3n) is 1.75. The molecule has 0 atom stereocenters. The number of rotatable bonds is 3. The Morgan fingerprint density at radius 1 is 1.69 bits per heavy atom. The minimum absolute atomic E-state index is 0.0709. The molecular formula is C8H4BrF2N3O2. The number of nitriles is 1. The Kier molecular flexibility index (Phi) is 3.84. The number of alkyl halides is 3. The van der Waals surface area contributed by atoms with E-state index in [-0.39, 0.29) is 16.7 Å². The van der Waals surface area contributed by atoms with Gasteiger partial charge in [0, 0.05) is 0 Å². The smallest absolute Gasteiger partial charge is 0.258 e. The molecule has 8 heteroatoms. The number of nitrogens with zero attached hydrogens (tertiary/aromatic N) is 3. The van der Waals surface area contributed by atoms with E-state index in [1.165, 1.54) is 0 Å². The molecule has 0 aliphatic carbocycles. The van der Waals surface area contributed by atoms with Crippen molar-refractivity contribution in [2.45, 2.75) is 11.8 Å². The number of hydrogen-bond acceptors (Lipinski definition) is 4. The first-order valence-electron chi connectivity index (χ1n) is 3.93. The van der Waals surface area contributed by atoms with Crippen molar-refractivity contribution in [1.82, 2.24) is 4.98 Å². The average molecular weight is 292 g/mol. The van der Waals surface area contributed by atoms with Crippen LogP contribution >= 0.6 is 15.9 Å². The van der Waals surface area contributed by atoms with Gasteiger partial charge < -0.3 is 0 Å². The molecule has 1 heterocycles. The van der Waals surface area contributed by atoms with E-state index < -0.39 is 22.6 Å². The monoisotopic (exact) mass is 291 g/mol. The maximum atomic E-state index is 12.6. The summed E-state index contributed by atoms with van der Waals surface area (Å²) >= 11 is 2.90. The Hall–Kier alpha value is -1.62. The number of hydrogen-bond donors (Lipinski definition) is 0. The highest BCUT2D eigenvalue weighted by molar-refractivity contribution is 9.08. The van der Waals surface area contributed by atoms with Crippen molar-refractivity contribution in [3.05, 3.63) is 33.1 Å².